The highest BCUT2D eigenvalue weighted by atomic mass is 15.1. The van der Waals surface area contributed by atoms with Crippen LogP contribution in [0.4, 0.5) is 17.1 Å². The minimum absolute atomic E-state index is 1.10. The third-order valence-electron chi connectivity index (χ3n) is 11.5. The maximum absolute atomic E-state index is 2.45. The molecule has 0 atom stereocenters. The van der Waals surface area contributed by atoms with Gasteiger partial charge in [0.15, 0.2) is 0 Å². The van der Waals surface area contributed by atoms with Crippen molar-refractivity contribution in [3.63, 3.8) is 0 Å². The number of benzene rings is 10. The second-order valence-electron chi connectivity index (χ2n) is 15.0. The molecule has 0 bridgehead atoms. The van der Waals surface area contributed by atoms with Crippen molar-refractivity contribution in [1.82, 2.24) is 4.57 Å². The molecule has 272 valence electrons. The lowest BCUT2D eigenvalue weighted by Gasteiger charge is -2.27. The van der Waals surface area contributed by atoms with E-state index >= 15 is 0 Å². The topological polar surface area (TPSA) is 8.17 Å². The molecule has 0 saturated heterocycles. The standard InChI is InChI=1S/C56H38N2/c1-4-14-39(15-5-1)43-18-12-21-50(37-43)57(54-24-13-25-55-56(54)52-22-10-11-23-53(52)58(55)49-19-8-3-9-20-49)51-33-32-42-28-31-46(36-48(42)38-51)45-30-27-41-26-29-44(34-47(41)35-45)40-16-6-2-7-17-40/h1-38H. The highest BCUT2D eigenvalue weighted by Gasteiger charge is 2.21. The Hall–Kier alpha value is -7.68. The molecule has 0 N–H and O–H groups in total. The van der Waals surface area contributed by atoms with Crippen molar-refractivity contribution in [3.05, 3.63) is 231 Å². The summed E-state index contributed by atoms with van der Waals surface area (Å²) in [6, 6.07) is 83.8. The van der Waals surface area contributed by atoms with Crippen molar-refractivity contribution in [2.45, 2.75) is 0 Å². The van der Waals surface area contributed by atoms with Gasteiger partial charge in [0.25, 0.3) is 0 Å². The Balaban J connectivity index is 1.10. The first-order valence-electron chi connectivity index (χ1n) is 19.9. The average Bonchev–Trinajstić information content (AvgIpc) is 3.64. The molecule has 1 aromatic heterocycles. The number of rotatable bonds is 7. The molecule has 2 heteroatoms. The van der Waals surface area contributed by atoms with Gasteiger partial charge in [-0.15, -0.1) is 0 Å². The second-order valence-corrected chi connectivity index (χ2v) is 15.0. The van der Waals surface area contributed by atoms with Crippen molar-refractivity contribution < 1.29 is 0 Å². The monoisotopic (exact) mass is 738 g/mol. The predicted molar refractivity (Wildman–Crippen MR) is 247 cm³/mol. The van der Waals surface area contributed by atoms with E-state index in [1.165, 1.54) is 76.7 Å². The van der Waals surface area contributed by atoms with Gasteiger partial charge in [0.1, 0.15) is 0 Å². The molecule has 2 nitrogen and oxygen atoms in total. The molecule has 58 heavy (non-hydrogen) atoms. The highest BCUT2D eigenvalue weighted by Crippen LogP contribution is 2.45. The largest absolute Gasteiger partial charge is 0.310 e. The SMILES string of the molecule is c1ccc(-c2cccc(N(c3ccc4ccc(-c5ccc6ccc(-c7ccccc7)cc6c5)cc4c3)c3cccc4c3c3ccccc3n4-c3ccccc3)c2)cc1. The number of nitrogens with zero attached hydrogens (tertiary/aromatic N) is 2. The van der Waals surface area contributed by atoms with E-state index in [1.54, 1.807) is 0 Å². The first-order chi connectivity index (χ1) is 28.7. The number of fused-ring (bicyclic) bond motifs is 5. The van der Waals surface area contributed by atoms with E-state index < -0.39 is 0 Å². The van der Waals surface area contributed by atoms with Crippen LogP contribution in [0.5, 0.6) is 0 Å². The minimum atomic E-state index is 1.10. The third-order valence-corrected chi connectivity index (χ3v) is 11.5. The van der Waals surface area contributed by atoms with E-state index in [0.717, 1.165) is 22.7 Å². The van der Waals surface area contributed by atoms with Crippen LogP contribution in [0.25, 0.3) is 82.4 Å². The van der Waals surface area contributed by atoms with Gasteiger partial charge in [0.05, 0.1) is 16.7 Å². The van der Waals surface area contributed by atoms with Crippen LogP contribution in [0.3, 0.4) is 0 Å². The molecule has 0 spiro atoms. The number of anilines is 3. The van der Waals surface area contributed by atoms with Crippen LogP contribution in [-0.4, -0.2) is 4.57 Å². The molecule has 11 aromatic rings. The van der Waals surface area contributed by atoms with Crippen LogP contribution in [0.1, 0.15) is 0 Å². The Kier molecular flexibility index (Phi) is 8.19. The van der Waals surface area contributed by atoms with Crippen LogP contribution < -0.4 is 4.90 Å². The quantitative estimate of drug-likeness (QED) is 0.158. The lowest BCUT2D eigenvalue weighted by atomic mass is 9.96. The maximum Gasteiger partial charge on any atom is 0.0562 e. The lowest BCUT2D eigenvalue weighted by Crippen LogP contribution is -2.10. The predicted octanol–water partition coefficient (Wildman–Crippen LogP) is 15.6. The van der Waals surface area contributed by atoms with Gasteiger partial charge in [-0.2, -0.15) is 0 Å². The molecule has 0 saturated carbocycles. The van der Waals surface area contributed by atoms with Gasteiger partial charge in [-0.3, -0.25) is 0 Å². The summed E-state index contributed by atoms with van der Waals surface area (Å²) in [6.07, 6.45) is 0. The first-order valence-corrected chi connectivity index (χ1v) is 19.9. The Bertz CT molecular complexity index is 3270. The smallest absolute Gasteiger partial charge is 0.0562 e. The molecule has 0 fully saturated rings. The van der Waals surface area contributed by atoms with Gasteiger partial charge < -0.3 is 9.47 Å². The van der Waals surface area contributed by atoms with Crippen molar-refractivity contribution in [1.29, 1.82) is 0 Å². The second kappa shape index (κ2) is 14.1. The maximum atomic E-state index is 2.45. The summed E-state index contributed by atoms with van der Waals surface area (Å²) >= 11 is 0. The summed E-state index contributed by atoms with van der Waals surface area (Å²) in [7, 11) is 0. The fraction of sp³-hybridized carbons (Fsp3) is 0. The Labute approximate surface area is 338 Å². The first kappa shape index (κ1) is 33.6. The number of aromatic nitrogens is 1. The van der Waals surface area contributed by atoms with Gasteiger partial charge in [0.2, 0.25) is 0 Å². The summed E-state index contributed by atoms with van der Waals surface area (Å²) in [5.74, 6) is 0. The summed E-state index contributed by atoms with van der Waals surface area (Å²) in [4.78, 5) is 2.45. The van der Waals surface area contributed by atoms with Gasteiger partial charge in [-0.05, 0) is 128 Å². The van der Waals surface area contributed by atoms with Crippen molar-refractivity contribution in [3.8, 4) is 39.1 Å². The summed E-state index contributed by atoms with van der Waals surface area (Å²) < 4.78 is 2.39. The molecule has 0 radical (unpaired) electrons. The Morgan fingerprint density at radius 1 is 0.293 bits per heavy atom. The zero-order chi connectivity index (χ0) is 38.4. The number of hydrogen-bond donors (Lipinski definition) is 0. The van der Waals surface area contributed by atoms with Crippen LogP contribution in [0.2, 0.25) is 0 Å². The molecule has 1 heterocycles. The van der Waals surface area contributed by atoms with Gasteiger partial charge in [-0.1, -0.05) is 158 Å². The molecule has 11 rings (SSSR count). The van der Waals surface area contributed by atoms with Gasteiger partial charge in [0, 0.05) is 27.8 Å². The van der Waals surface area contributed by atoms with E-state index in [0.29, 0.717) is 0 Å². The summed E-state index contributed by atoms with van der Waals surface area (Å²) in [6.45, 7) is 0. The molecule has 0 aliphatic rings. The summed E-state index contributed by atoms with van der Waals surface area (Å²) in [5, 5.41) is 7.30. The number of para-hydroxylation sites is 2. The van der Waals surface area contributed by atoms with E-state index in [4.69, 9.17) is 0 Å². The van der Waals surface area contributed by atoms with E-state index in [1.807, 2.05) is 0 Å². The zero-order valence-corrected chi connectivity index (χ0v) is 31.8. The molecule has 0 aliphatic heterocycles. The van der Waals surface area contributed by atoms with E-state index in [9.17, 15) is 0 Å². The van der Waals surface area contributed by atoms with E-state index in [-0.39, 0.29) is 0 Å². The minimum Gasteiger partial charge on any atom is -0.310 e. The van der Waals surface area contributed by atoms with Crippen molar-refractivity contribution >= 4 is 60.4 Å². The number of hydrogen-bond acceptors (Lipinski definition) is 1. The third kappa shape index (κ3) is 5.91. The normalized spacial score (nSPS) is 11.4. The van der Waals surface area contributed by atoms with Crippen molar-refractivity contribution in [2.24, 2.45) is 0 Å². The van der Waals surface area contributed by atoms with Gasteiger partial charge in [-0.25, -0.2) is 0 Å². The van der Waals surface area contributed by atoms with Crippen molar-refractivity contribution in [2.75, 3.05) is 4.90 Å². The average molecular weight is 739 g/mol. The molecular weight excluding hydrogens is 701 g/mol. The highest BCUT2D eigenvalue weighted by molar-refractivity contribution is 6.16. The molecule has 10 aromatic carbocycles. The van der Waals surface area contributed by atoms with Crippen LogP contribution in [0, 0.1) is 0 Å². The van der Waals surface area contributed by atoms with Crippen LogP contribution >= 0.6 is 0 Å². The molecule has 0 unspecified atom stereocenters. The molecular formula is C56H38N2. The fourth-order valence-corrected chi connectivity index (χ4v) is 8.71. The molecule has 0 amide bonds. The lowest BCUT2D eigenvalue weighted by molar-refractivity contribution is 1.18. The molecule has 0 aliphatic carbocycles. The van der Waals surface area contributed by atoms with Crippen LogP contribution in [-0.2, 0) is 0 Å². The Morgan fingerprint density at radius 2 is 0.776 bits per heavy atom. The van der Waals surface area contributed by atoms with Crippen LogP contribution in [0.15, 0.2) is 231 Å². The fourth-order valence-electron chi connectivity index (χ4n) is 8.71. The summed E-state index contributed by atoms with van der Waals surface area (Å²) in [5.41, 5.74) is 14.1. The van der Waals surface area contributed by atoms with Gasteiger partial charge >= 0.3 is 0 Å². The zero-order valence-electron chi connectivity index (χ0n) is 31.8. The van der Waals surface area contributed by atoms with E-state index in [2.05, 4.69) is 240 Å². The Morgan fingerprint density at radius 3 is 1.45 bits per heavy atom.